The number of hydrogen-bond acceptors (Lipinski definition) is 0. The van der Waals surface area contributed by atoms with Gasteiger partial charge >= 0.3 is 0 Å². The van der Waals surface area contributed by atoms with Gasteiger partial charge in [0, 0.05) is 5.41 Å². The molecule has 0 spiro atoms. The van der Waals surface area contributed by atoms with Crippen LogP contribution in [0.25, 0.3) is 11.1 Å². The summed E-state index contributed by atoms with van der Waals surface area (Å²) in [5.74, 6) is 0. The van der Waals surface area contributed by atoms with Crippen molar-refractivity contribution in [1.29, 1.82) is 0 Å². The SMILES string of the molecule is Cc1cc(C)cc(C2(C)c3cc(C)c(C)cc3-c3cc(C)c(C)cc32)c1. The maximum absolute atomic E-state index is 2.42. The molecule has 0 fully saturated rings. The molecule has 0 heterocycles. The molecule has 26 heavy (non-hydrogen) atoms. The molecule has 0 unspecified atom stereocenters. The maximum atomic E-state index is 2.42. The van der Waals surface area contributed by atoms with Gasteiger partial charge in [-0.25, -0.2) is 0 Å². The predicted molar refractivity (Wildman–Crippen MR) is 112 cm³/mol. The Labute approximate surface area is 157 Å². The van der Waals surface area contributed by atoms with Crippen LogP contribution in [0.5, 0.6) is 0 Å². The summed E-state index contributed by atoms with van der Waals surface area (Å²) in [6.07, 6.45) is 0. The standard InChI is InChI=1S/C26H28/c1-15-8-16(2)10-21(9-15)26(7)24-13-19(5)17(3)11-22(24)23-12-18(4)20(6)14-25(23)26/h8-14H,1-7H3. The van der Waals surface area contributed by atoms with Crippen LogP contribution in [0.3, 0.4) is 0 Å². The van der Waals surface area contributed by atoms with E-state index in [0.29, 0.717) is 0 Å². The van der Waals surface area contributed by atoms with E-state index in [1.165, 1.54) is 61.2 Å². The Balaban J connectivity index is 2.14. The van der Waals surface area contributed by atoms with E-state index < -0.39 is 0 Å². The number of benzene rings is 3. The Morgan fingerprint density at radius 1 is 0.500 bits per heavy atom. The molecule has 0 N–H and O–H groups in total. The highest BCUT2D eigenvalue weighted by Crippen LogP contribution is 2.53. The highest BCUT2D eigenvalue weighted by atomic mass is 14.4. The fraction of sp³-hybridized carbons (Fsp3) is 0.308. The summed E-state index contributed by atoms with van der Waals surface area (Å²) in [6.45, 7) is 15.7. The summed E-state index contributed by atoms with van der Waals surface area (Å²) < 4.78 is 0. The summed E-state index contributed by atoms with van der Waals surface area (Å²) in [6, 6.07) is 16.6. The molecule has 0 amide bonds. The molecule has 0 saturated heterocycles. The quantitative estimate of drug-likeness (QED) is 0.453. The topological polar surface area (TPSA) is 0 Å². The van der Waals surface area contributed by atoms with E-state index in [2.05, 4.69) is 90.9 Å². The molecular weight excluding hydrogens is 312 g/mol. The maximum Gasteiger partial charge on any atom is 0.0435 e. The molecule has 132 valence electrons. The molecule has 3 aromatic rings. The Hall–Kier alpha value is -2.34. The van der Waals surface area contributed by atoms with Gasteiger partial charge in [0.05, 0.1) is 0 Å². The van der Waals surface area contributed by atoms with Crippen molar-refractivity contribution in [3.8, 4) is 11.1 Å². The molecule has 0 bridgehead atoms. The molecule has 0 heteroatoms. The fourth-order valence-corrected chi connectivity index (χ4v) is 4.62. The number of aryl methyl sites for hydroxylation is 6. The van der Waals surface area contributed by atoms with Gasteiger partial charge in [-0.1, -0.05) is 53.6 Å². The number of rotatable bonds is 1. The highest BCUT2D eigenvalue weighted by molar-refractivity contribution is 5.85. The average Bonchev–Trinajstić information content (AvgIpc) is 2.78. The minimum absolute atomic E-state index is 0.0988. The van der Waals surface area contributed by atoms with Gasteiger partial charge in [-0.3, -0.25) is 0 Å². The van der Waals surface area contributed by atoms with Crippen molar-refractivity contribution in [2.24, 2.45) is 0 Å². The van der Waals surface area contributed by atoms with Crippen LogP contribution in [0, 0.1) is 41.5 Å². The Kier molecular flexibility index (Phi) is 3.67. The zero-order valence-corrected chi connectivity index (χ0v) is 17.0. The zero-order valence-electron chi connectivity index (χ0n) is 17.0. The minimum atomic E-state index is -0.0988. The molecule has 0 atom stereocenters. The third-order valence-corrected chi connectivity index (χ3v) is 6.43. The Morgan fingerprint density at radius 2 is 0.885 bits per heavy atom. The van der Waals surface area contributed by atoms with Gasteiger partial charge in [0.1, 0.15) is 0 Å². The van der Waals surface area contributed by atoms with Crippen LogP contribution in [0.2, 0.25) is 0 Å². The third-order valence-electron chi connectivity index (χ3n) is 6.43. The first kappa shape index (κ1) is 17.1. The largest absolute Gasteiger partial charge is 0.0564 e. The van der Waals surface area contributed by atoms with E-state index >= 15 is 0 Å². The van der Waals surface area contributed by atoms with E-state index in [0.717, 1.165) is 0 Å². The van der Waals surface area contributed by atoms with Gasteiger partial charge in [0.2, 0.25) is 0 Å². The van der Waals surface area contributed by atoms with Crippen molar-refractivity contribution in [3.05, 3.63) is 92.5 Å². The lowest BCUT2D eigenvalue weighted by molar-refractivity contribution is 0.710. The second-order valence-corrected chi connectivity index (χ2v) is 8.47. The van der Waals surface area contributed by atoms with Gasteiger partial charge in [0.15, 0.2) is 0 Å². The summed E-state index contributed by atoms with van der Waals surface area (Å²) in [4.78, 5) is 0. The summed E-state index contributed by atoms with van der Waals surface area (Å²) in [5.41, 5.74) is 15.2. The average molecular weight is 341 g/mol. The minimum Gasteiger partial charge on any atom is -0.0564 e. The van der Waals surface area contributed by atoms with Crippen molar-refractivity contribution >= 4 is 0 Å². The first-order valence-electron chi connectivity index (χ1n) is 9.54. The smallest absolute Gasteiger partial charge is 0.0435 e. The predicted octanol–water partition coefficient (Wildman–Crippen LogP) is 6.87. The van der Waals surface area contributed by atoms with Crippen molar-refractivity contribution < 1.29 is 0 Å². The van der Waals surface area contributed by atoms with Gasteiger partial charge in [0.25, 0.3) is 0 Å². The lowest BCUT2D eigenvalue weighted by Gasteiger charge is -2.30. The summed E-state index contributed by atoms with van der Waals surface area (Å²) in [5, 5.41) is 0. The molecule has 0 aromatic heterocycles. The van der Waals surface area contributed by atoms with Gasteiger partial charge in [-0.2, -0.15) is 0 Å². The Bertz CT molecular complexity index is 972. The second-order valence-electron chi connectivity index (χ2n) is 8.47. The van der Waals surface area contributed by atoms with E-state index in [1.54, 1.807) is 0 Å². The van der Waals surface area contributed by atoms with Crippen molar-refractivity contribution in [3.63, 3.8) is 0 Å². The van der Waals surface area contributed by atoms with Gasteiger partial charge in [-0.15, -0.1) is 0 Å². The van der Waals surface area contributed by atoms with Crippen LogP contribution in [0.4, 0.5) is 0 Å². The highest BCUT2D eigenvalue weighted by Gasteiger charge is 2.41. The van der Waals surface area contributed by atoms with Crippen LogP contribution < -0.4 is 0 Å². The van der Waals surface area contributed by atoms with Crippen molar-refractivity contribution in [1.82, 2.24) is 0 Å². The molecule has 0 nitrogen and oxygen atoms in total. The first-order valence-corrected chi connectivity index (χ1v) is 9.54. The molecule has 3 aromatic carbocycles. The van der Waals surface area contributed by atoms with Gasteiger partial charge in [-0.05, 0) is 98.5 Å². The van der Waals surface area contributed by atoms with E-state index in [9.17, 15) is 0 Å². The molecular formula is C26H28. The van der Waals surface area contributed by atoms with Crippen LogP contribution in [-0.4, -0.2) is 0 Å². The molecule has 1 aliphatic rings. The molecule has 0 radical (unpaired) electrons. The Morgan fingerprint density at radius 3 is 1.31 bits per heavy atom. The van der Waals surface area contributed by atoms with Gasteiger partial charge < -0.3 is 0 Å². The molecule has 4 rings (SSSR count). The van der Waals surface area contributed by atoms with Crippen molar-refractivity contribution in [2.75, 3.05) is 0 Å². The van der Waals surface area contributed by atoms with E-state index in [-0.39, 0.29) is 5.41 Å². The monoisotopic (exact) mass is 340 g/mol. The number of hydrogen-bond donors (Lipinski definition) is 0. The molecule has 0 aliphatic heterocycles. The zero-order chi connectivity index (χ0) is 18.8. The number of fused-ring (bicyclic) bond motifs is 3. The van der Waals surface area contributed by atoms with Crippen LogP contribution in [0.15, 0.2) is 42.5 Å². The van der Waals surface area contributed by atoms with Crippen LogP contribution in [0.1, 0.15) is 57.0 Å². The van der Waals surface area contributed by atoms with E-state index in [1.807, 2.05) is 0 Å². The molecule has 0 saturated carbocycles. The normalized spacial score (nSPS) is 14.3. The fourth-order valence-electron chi connectivity index (χ4n) is 4.62. The molecule has 1 aliphatic carbocycles. The lowest BCUT2D eigenvalue weighted by Crippen LogP contribution is -2.23. The summed E-state index contributed by atoms with van der Waals surface area (Å²) in [7, 11) is 0. The first-order chi connectivity index (χ1) is 12.2. The second kappa shape index (κ2) is 5.58. The van der Waals surface area contributed by atoms with E-state index in [4.69, 9.17) is 0 Å². The lowest BCUT2D eigenvalue weighted by atomic mass is 9.72. The van der Waals surface area contributed by atoms with Crippen LogP contribution >= 0.6 is 0 Å². The third kappa shape index (κ3) is 2.28. The van der Waals surface area contributed by atoms with Crippen molar-refractivity contribution in [2.45, 2.75) is 53.9 Å². The summed E-state index contributed by atoms with van der Waals surface area (Å²) >= 11 is 0. The van der Waals surface area contributed by atoms with Crippen LogP contribution in [-0.2, 0) is 5.41 Å².